The first kappa shape index (κ1) is 20.0. The quantitative estimate of drug-likeness (QED) is 0.797. The predicted octanol–water partition coefficient (Wildman–Crippen LogP) is 3.59. The van der Waals surface area contributed by atoms with Crippen molar-refractivity contribution in [2.45, 2.75) is 43.4 Å². The van der Waals surface area contributed by atoms with Crippen molar-refractivity contribution < 1.29 is 13.2 Å². The lowest BCUT2D eigenvalue weighted by atomic mass is 9.97. The maximum absolute atomic E-state index is 12.7. The molecule has 27 heavy (non-hydrogen) atoms. The number of nitrogens with one attached hydrogen (secondary N) is 1. The van der Waals surface area contributed by atoms with Crippen LogP contribution in [0.2, 0.25) is 0 Å². The second-order valence-electron chi connectivity index (χ2n) is 6.96. The molecule has 1 fully saturated rings. The van der Waals surface area contributed by atoms with Crippen LogP contribution in [0, 0.1) is 5.92 Å². The molecule has 146 valence electrons. The lowest BCUT2D eigenvalue weighted by Crippen LogP contribution is -2.45. The molecule has 0 aliphatic carbocycles. The Bertz CT molecular complexity index is 861. The summed E-state index contributed by atoms with van der Waals surface area (Å²) in [6, 6.07) is 11.5. The average molecular weight is 407 g/mol. The zero-order valence-electron chi connectivity index (χ0n) is 15.7. The molecule has 1 aliphatic rings. The highest BCUT2D eigenvalue weighted by Gasteiger charge is 2.34. The Morgan fingerprint density at radius 1 is 1.30 bits per heavy atom. The van der Waals surface area contributed by atoms with Crippen LogP contribution in [0.1, 0.15) is 43.9 Å². The fourth-order valence-electron chi connectivity index (χ4n) is 3.37. The number of hydrogen-bond acceptors (Lipinski definition) is 4. The van der Waals surface area contributed by atoms with Gasteiger partial charge in [-0.2, -0.15) is 4.31 Å². The standard InChI is InChI=1S/C20H26N2O3S2/c1-3-16-8-10-17(11-9-16)15(2)21-20(23)18-6-4-12-22(14-18)27(24,25)19-7-5-13-26-19/h5,7-11,13,15,18H,3-4,6,12,14H2,1-2H3,(H,21,23)/t15-,18+/m0/s1. The van der Waals surface area contributed by atoms with E-state index in [0.717, 1.165) is 12.0 Å². The summed E-state index contributed by atoms with van der Waals surface area (Å²) in [5.41, 5.74) is 2.32. The molecule has 0 spiro atoms. The second kappa shape index (κ2) is 8.54. The number of benzene rings is 1. The van der Waals surface area contributed by atoms with Gasteiger partial charge in [0.25, 0.3) is 10.0 Å². The van der Waals surface area contributed by atoms with Crippen LogP contribution in [0.15, 0.2) is 46.0 Å². The molecule has 0 bridgehead atoms. The third-order valence-corrected chi connectivity index (χ3v) is 8.33. The molecule has 1 amide bonds. The van der Waals surface area contributed by atoms with Gasteiger partial charge in [-0.3, -0.25) is 4.79 Å². The van der Waals surface area contributed by atoms with Crippen LogP contribution in [0.5, 0.6) is 0 Å². The molecule has 5 nitrogen and oxygen atoms in total. The number of aryl methyl sites for hydroxylation is 1. The van der Waals surface area contributed by atoms with E-state index in [9.17, 15) is 13.2 Å². The van der Waals surface area contributed by atoms with E-state index >= 15 is 0 Å². The summed E-state index contributed by atoms with van der Waals surface area (Å²) in [5, 5.41) is 4.81. The Morgan fingerprint density at radius 3 is 2.67 bits per heavy atom. The molecule has 1 saturated heterocycles. The number of sulfonamides is 1. The van der Waals surface area contributed by atoms with Gasteiger partial charge in [0.2, 0.25) is 5.91 Å². The zero-order valence-corrected chi connectivity index (χ0v) is 17.4. The number of piperidine rings is 1. The van der Waals surface area contributed by atoms with Crippen molar-refractivity contribution in [1.82, 2.24) is 9.62 Å². The SMILES string of the molecule is CCc1ccc([C@H](C)NC(=O)[C@@H]2CCCN(S(=O)(=O)c3cccs3)C2)cc1. The molecule has 1 aromatic heterocycles. The van der Waals surface area contributed by atoms with Crippen LogP contribution in [-0.4, -0.2) is 31.7 Å². The average Bonchev–Trinajstić information content (AvgIpc) is 3.24. The summed E-state index contributed by atoms with van der Waals surface area (Å²) >= 11 is 1.21. The highest BCUT2D eigenvalue weighted by molar-refractivity contribution is 7.91. The third kappa shape index (κ3) is 4.59. The largest absolute Gasteiger partial charge is 0.349 e. The van der Waals surface area contributed by atoms with Crippen LogP contribution in [0.4, 0.5) is 0 Å². The molecule has 3 rings (SSSR count). The molecular formula is C20H26N2O3S2. The van der Waals surface area contributed by atoms with Crippen LogP contribution in [0.25, 0.3) is 0 Å². The monoisotopic (exact) mass is 406 g/mol. The minimum absolute atomic E-state index is 0.0758. The van der Waals surface area contributed by atoms with Gasteiger partial charge in [-0.15, -0.1) is 11.3 Å². The Hall–Kier alpha value is -1.70. The highest BCUT2D eigenvalue weighted by Crippen LogP contribution is 2.27. The minimum Gasteiger partial charge on any atom is -0.349 e. The fraction of sp³-hybridized carbons (Fsp3) is 0.450. The van der Waals surface area contributed by atoms with Gasteiger partial charge in [-0.25, -0.2) is 8.42 Å². The van der Waals surface area contributed by atoms with Gasteiger partial charge in [-0.05, 0) is 48.8 Å². The summed E-state index contributed by atoms with van der Waals surface area (Å²) in [5.74, 6) is -0.390. The van der Waals surface area contributed by atoms with E-state index in [-0.39, 0.29) is 24.4 Å². The molecule has 0 radical (unpaired) electrons. The van der Waals surface area contributed by atoms with E-state index in [2.05, 4.69) is 24.4 Å². The van der Waals surface area contributed by atoms with Gasteiger partial charge in [0, 0.05) is 13.1 Å². The van der Waals surface area contributed by atoms with Crippen molar-refractivity contribution in [3.05, 3.63) is 52.9 Å². The van der Waals surface area contributed by atoms with Crippen molar-refractivity contribution in [1.29, 1.82) is 0 Å². The predicted molar refractivity (Wildman–Crippen MR) is 108 cm³/mol. The summed E-state index contributed by atoms with van der Waals surface area (Å²) in [6.07, 6.45) is 2.39. The topological polar surface area (TPSA) is 66.5 Å². The molecule has 2 heterocycles. The number of rotatable bonds is 6. The second-order valence-corrected chi connectivity index (χ2v) is 10.1. The Morgan fingerprint density at radius 2 is 2.04 bits per heavy atom. The van der Waals surface area contributed by atoms with Gasteiger partial charge < -0.3 is 5.32 Å². The molecule has 1 aromatic carbocycles. The zero-order chi connectivity index (χ0) is 19.4. The molecule has 1 aliphatic heterocycles. The first-order valence-electron chi connectivity index (χ1n) is 9.34. The number of carbonyl (C=O) groups excluding carboxylic acids is 1. The number of carbonyl (C=O) groups is 1. The first-order valence-corrected chi connectivity index (χ1v) is 11.7. The Labute approximate surface area is 165 Å². The normalized spacial score (nSPS) is 19.6. The third-order valence-electron chi connectivity index (χ3n) is 5.09. The Kier molecular flexibility index (Phi) is 6.34. The molecule has 1 N–H and O–H groups in total. The van der Waals surface area contributed by atoms with Crippen LogP contribution in [-0.2, 0) is 21.2 Å². The minimum atomic E-state index is -3.50. The number of hydrogen-bond donors (Lipinski definition) is 1. The Balaban J connectivity index is 1.64. The maximum atomic E-state index is 12.7. The molecule has 2 aromatic rings. The summed E-state index contributed by atoms with van der Waals surface area (Å²) in [4.78, 5) is 12.7. The number of amides is 1. The molecule has 2 atom stereocenters. The smallest absolute Gasteiger partial charge is 0.252 e. The van der Waals surface area contributed by atoms with E-state index in [0.29, 0.717) is 23.6 Å². The summed E-state index contributed by atoms with van der Waals surface area (Å²) in [6.45, 7) is 4.78. The van der Waals surface area contributed by atoms with E-state index in [1.807, 2.05) is 19.1 Å². The fourth-order valence-corrected chi connectivity index (χ4v) is 6.04. The first-order chi connectivity index (χ1) is 12.9. The van der Waals surface area contributed by atoms with Gasteiger partial charge >= 0.3 is 0 Å². The summed E-state index contributed by atoms with van der Waals surface area (Å²) < 4.78 is 27.2. The highest BCUT2D eigenvalue weighted by atomic mass is 32.2. The molecular weight excluding hydrogens is 380 g/mol. The van der Waals surface area contributed by atoms with E-state index in [1.165, 1.54) is 21.2 Å². The van der Waals surface area contributed by atoms with Crippen LogP contribution >= 0.6 is 11.3 Å². The lowest BCUT2D eigenvalue weighted by molar-refractivity contribution is -0.126. The van der Waals surface area contributed by atoms with E-state index in [4.69, 9.17) is 0 Å². The van der Waals surface area contributed by atoms with Gasteiger partial charge in [-0.1, -0.05) is 37.3 Å². The lowest BCUT2D eigenvalue weighted by Gasteiger charge is -2.31. The van der Waals surface area contributed by atoms with Gasteiger partial charge in [0.1, 0.15) is 4.21 Å². The molecule has 0 unspecified atom stereocenters. The van der Waals surface area contributed by atoms with Crippen molar-refractivity contribution >= 4 is 27.3 Å². The van der Waals surface area contributed by atoms with Crippen molar-refractivity contribution in [2.24, 2.45) is 5.92 Å². The molecule has 7 heteroatoms. The number of thiophene rings is 1. The van der Waals surface area contributed by atoms with Crippen molar-refractivity contribution in [3.8, 4) is 0 Å². The van der Waals surface area contributed by atoms with E-state index in [1.54, 1.807) is 17.5 Å². The van der Waals surface area contributed by atoms with Crippen LogP contribution < -0.4 is 5.32 Å². The maximum Gasteiger partial charge on any atom is 0.252 e. The number of nitrogens with zero attached hydrogens (tertiary/aromatic N) is 1. The van der Waals surface area contributed by atoms with Gasteiger partial charge in [0.05, 0.1) is 12.0 Å². The van der Waals surface area contributed by atoms with Crippen molar-refractivity contribution in [2.75, 3.05) is 13.1 Å². The van der Waals surface area contributed by atoms with Crippen LogP contribution in [0.3, 0.4) is 0 Å². The van der Waals surface area contributed by atoms with E-state index < -0.39 is 10.0 Å². The van der Waals surface area contributed by atoms with Crippen molar-refractivity contribution in [3.63, 3.8) is 0 Å². The van der Waals surface area contributed by atoms with Gasteiger partial charge in [0.15, 0.2) is 0 Å². The summed E-state index contributed by atoms with van der Waals surface area (Å²) in [7, 11) is -3.50. The molecule has 0 saturated carbocycles.